The van der Waals surface area contributed by atoms with E-state index in [4.69, 9.17) is 0 Å². The van der Waals surface area contributed by atoms with E-state index in [2.05, 4.69) is 10.9 Å². The predicted octanol–water partition coefficient (Wildman–Crippen LogP) is 2.54. The smallest absolute Gasteiger partial charge is 0.210 e. The molecule has 0 unspecified atom stereocenters. The molecule has 0 saturated carbocycles. The van der Waals surface area contributed by atoms with Crippen LogP contribution in [0.1, 0.15) is 11.1 Å². The van der Waals surface area contributed by atoms with Gasteiger partial charge in [0, 0.05) is 12.5 Å². The first kappa shape index (κ1) is 12.0. The minimum atomic E-state index is -4.40. The molecule has 5 heteroatoms. The molecule has 0 atom stereocenters. The molecule has 1 aromatic carbocycles. The third kappa shape index (κ3) is 3.26. The van der Waals surface area contributed by atoms with Crippen molar-refractivity contribution in [1.82, 2.24) is 0 Å². The Bertz CT molecular complexity index is 476. The molecule has 0 amide bonds. The molecule has 1 aromatic rings. The summed E-state index contributed by atoms with van der Waals surface area (Å²) in [6.07, 6.45) is -3.33. The molecule has 0 heterocycles. The Morgan fingerprint density at radius 1 is 1.25 bits per heavy atom. The van der Waals surface area contributed by atoms with E-state index in [0.717, 1.165) is 6.07 Å². The van der Waals surface area contributed by atoms with Crippen LogP contribution in [0.3, 0.4) is 0 Å². The highest BCUT2D eigenvalue weighted by atomic mass is 19.4. The second-order valence-corrected chi connectivity index (χ2v) is 2.82. The first-order chi connectivity index (χ1) is 7.55. The van der Waals surface area contributed by atoms with Crippen LogP contribution in [0.15, 0.2) is 29.3 Å². The number of benzene rings is 1. The van der Waals surface area contributed by atoms with Crippen molar-refractivity contribution in [2.24, 2.45) is 4.99 Å². The molecule has 0 radical (unpaired) electrons. The number of nitrogens with zero attached hydrogens (tertiary/aromatic N) is 1. The summed E-state index contributed by atoms with van der Waals surface area (Å²) < 4.78 is 37.5. The summed E-state index contributed by atoms with van der Waals surface area (Å²) >= 11 is 0. The van der Waals surface area contributed by atoms with Crippen LogP contribution in [0, 0.1) is 12.0 Å². The summed E-state index contributed by atoms with van der Waals surface area (Å²) in [6, 6.07) is 7.17. The van der Waals surface area contributed by atoms with Gasteiger partial charge in [-0.15, -0.1) is 4.99 Å². The van der Waals surface area contributed by atoms with E-state index in [1.54, 1.807) is 0 Å². The number of rotatable bonds is 1. The molecule has 0 aromatic heterocycles. The minimum absolute atomic E-state index is 0.0589. The van der Waals surface area contributed by atoms with Gasteiger partial charge in [-0.25, -0.2) is 4.79 Å². The SMILES string of the molecule is O=C=NC#CCc1ccccc1C(F)(F)F. The molecule has 82 valence electrons. The highest BCUT2D eigenvalue weighted by Gasteiger charge is 2.32. The molecular weight excluding hydrogens is 219 g/mol. The molecule has 1 rings (SSSR count). The van der Waals surface area contributed by atoms with Crippen molar-refractivity contribution in [3.8, 4) is 12.0 Å². The van der Waals surface area contributed by atoms with Gasteiger partial charge in [0.05, 0.1) is 5.56 Å². The van der Waals surface area contributed by atoms with Crippen LogP contribution in [-0.2, 0) is 17.4 Å². The quantitative estimate of drug-likeness (QED) is 0.410. The zero-order valence-corrected chi connectivity index (χ0v) is 8.01. The van der Waals surface area contributed by atoms with Crippen LogP contribution < -0.4 is 0 Å². The summed E-state index contributed by atoms with van der Waals surface area (Å²) in [5, 5.41) is 0. The summed E-state index contributed by atoms with van der Waals surface area (Å²) in [7, 11) is 0. The topological polar surface area (TPSA) is 29.4 Å². The molecule has 0 N–H and O–H groups in total. The molecule has 0 bridgehead atoms. The van der Waals surface area contributed by atoms with Gasteiger partial charge in [0.2, 0.25) is 6.08 Å². The predicted molar refractivity (Wildman–Crippen MR) is 51.0 cm³/mol. The number of halogens is 3. The van der Waals surface area contributed by atoms with Crippen molar-refractivity contribution >= 4 is 6.08 Å². The van der Waals surface area contributed by atoms with E-state index in [-0.39, 0.29) is 12.0 Å². The van der Waals surface area contributed by atoms with Crippen molar-refractivity contribution in [1.29, 1.82) is 0 Å². The highest BCUT2D eigenvalue weighted by molar-refractivity contribution is 5.37. The molecule has 0 spiro atoms. The zero-order valence-electron chi connectivity index (χ0n) is 8.01. The molecule has 0 fully saturated rings. The van der Waals surface area contributed by atoms with E-state index in [1.165, 1.54) is 24.3 Å². The summed E-state index contributed by atoms with van der Waals surface area (Å²) in [4.78, 5) is 12.6. The van der Waals surface area contributed by atoms with Crippen molar-refractivity contribution in [3.05, 3.63) is 35.4 Å². The first-order valence-corrected chi connectivity index (χ1v) is 4.25. The van der Waals surface area contributed by atoms with Crippen LogP contribution in [0.25, 0.3) is 0 Å². The number of alkyl halides is 3. The van der Waals surface area contributed by atoms with Gasteiger partial charge in [-0.2, -0.15) is 13.2 Å². The lowest BCUT2D eigenvalue weighted by molar-refractivity contribution is -0.138. The molecule has 0 aliphatic rings. The Hall–Kier alpha value is -2.05. The third-order valence-corrected chi connectivity index (χ3v) is 1.78. The van der Waals surface area contributed by atoms with Gasteiger partial charge in [-0.05, 0) is 11.6 Å². The lowest BCUT2D eigenvalue weighted by Crippen LogP contribution is -2.08. The van der Waals surface area contributed by atoms with E-state index < -0.39 is 11.7 Å². The van der Waals surface area contributed by atoms with Crippen LogP contribution in [0.2, 0.25) is 0 Å². The highest BCUT2D eigenvalue weighted by Crippen LogP contribution is 2.31. The normalized spacial score (nSPS) is 9.94. The average molecular weight is 225 g/mol. The summed E-state index contributed by atoms with van der Waals surface area (Å²) in [6.45, 7) is 0. The van der Waals surface area contributed by atoms with Crippen molar-refractivity contribution in [2.45, 2.75) is 12.6 Å². The van der Waals surface area contributed by atoms with Crippen molar-refractivity contribution < 1.29 is 18.0 Å². The number of aliphatic imine (C=N–C) groups is 1. The second kappa shape index (κ2) is 5.15. The van der Waals surface area contributed by atoms with Gasteiger partial charge in [-0.3, -0.25) is 0 Å². The molecule has 16 heavy (non-hydrogen) atoms. The Balaban J connectivity index is 2.97. The molecule has 2 nitrogen and oxygen atoms in total. The lowest BCUT2D eigenvalue weighted by atomic mass is 10.0. The maximum Gasteiger partial charge on any atom is 0.416 e. The average Bonchev–Trinajstić information content (AvgIpc) is 2.24. The van der Waals surface area contributed by atoms with Crippen LogP contribution >= 0.6 is 0 Å². The Morgan fingerprint density at radius 3 is 2.56 bits per heavy atom. The van der Waals surface area contributed by atoms with E-state index in [1.807, 2.05) is 6.04 Å². The number of hydrogen-bond donors (Lipinski definition) is 0. The molecule has 0 aliphatic carbocycles. The standard InChI is InChI=1S/C11H6F3NO/c12-11(13,14)10-6-2-1-4-9(10)5-3-7-15-8-16/h1-2,4,6H,5H2. The van der Waals surface area contributed by atoms with E-state index >= 15 is 0 Å². The van der Waals surface area contributed by atoms with E-state index in [9.17, 15) is 18.0 Å². The van der Waals surface area contributed by atoms with Crippen LogP contribution in [-0.4, -0.2) is 6.08 Å². The van der Waals surface area contributed by atoms with Gasteiger partial charge in [0.1, 0.15) is 0 Å². The minimum Gasteiger partial charge on any atom is -0.210 e. The summed E-state index contributed by atoms with van der Waals surface area (Å²) in [5.41, 5.74) is -0.664. The zero-order chi connectivity index (χ0) is 12.0. The summed E-state index contributed by atoms with van der Waals surface area (Å²) in [5.74, 6) is 2.34. The number of isocyanates is 1. The monoisotopic (exact) mass is 225 g/mol. The van der Waals surface area contributed by atoms with Gasteiger partial charge < -0.3 is 0 Å². The second-order valence-electron chi connectivity index (χ2n) is 2.82. The van der Waals surface area contributed by atoms with E-state index in [0.29, 0.717) is 0 Å². The van der Waals surface area contributed by atoms with Crippen LogP contribution in [0.4, 0.5) is 13.2 Å². The van der Waals surface area contributed by atoms with Gasteiger partial charge in [-0.1, -0.05) is 24.1 Å². The van der Waals surface area contributed by atoms with Gasteiger partial charge in [0.15, 0.2) is 0 Å². The molecule has 0 aliphatic heterocycles. The largest absolute Gasteiger partial charge is 0.416 e. The van der Waals surface area contributed by atoms with Crippen LogP contribution in [0.5, 0.6) is 0 Å². The number of hydrogen-bond acceptors (Lipinski definition) is 2. The fourth-order valence-electron chi connectivity index (χ4n) is 1.15. The fourth-order valence-corrected chi connectivity index (χ4v) is 1.15. The molecule has 0 saturated heterocycles. The van der Waals surface area contributed by atoms with Gasteiger partial charge >= 0.3 is 6.18 Å². The van der Waals surface area contributed by atoms with Gasteiger partial charge in [0.25, 0.3) is 0 Å². The van der Waals surface area contributed by atoms with Crippen molar-refractivity contribution in [2.75, 3.05) is 0 Å². The Morgan fingerprint density at radius 2 is 1.94 bits per heavy atom. The lowest BCUT2D eigenvalue weighted by Gasteiger charge is -2.10. The molecular formula is C11H6F3NO. The fraction of sp³-hybridized carbons (Fsp3) is 0.182. The first-order valence-electron chi connectivity index (χ1n) is 4.25. The van der Waals surface area contributed by atoms with Crippen molar-refractivity contribution in [3.63, 3.8) is 0 Å². The third-order valence-electron chi connectivity index (χ3n) is 1.78. The Kier molecular flexibility index (Phi) is 3.87. The maximum atomic E-state index is 12.5. The Labute approximate surface area is 89.8 Å². The number of carbonyl (C=O) groups excluding carboxylic acids is 1. The maximum absolute atomic E-state index is 12.5.